The van der Waals surface area contributed by atoms with Crippen LogP contribution in [0.3, 0.4) is 0 Å². The van der Waals surface area contributed by atoms with Crippen LogP contribution in [-0.4, -0.2) is 24.6 Å². The highest BCUT2D eigenvalue weighted by Crippen LogP contribution is 2.34. The van der Waals surface area contributed by atoms with Crippen LogP contribution in [0, 0.1) is 10.1 Å². The van der Waals surface area contributed by atoms with Crippen LogP contribution in [0.2, 0.25) is 10.0 Å². The molecule has 94 valence electrons. The van der Waals surface area contributed by atoms with Gasteiger partial charge in [0, 0.05) is 25.2 Å². The zero-order valence-electron chi connectivity index (χ0n) is 9.30. The topological polar surface area (TPSA) is 67.2 Å². The van der Waals surface area contributed by atoms with Crippen LogP contribution in [-0.2, 0) is 0 Å². The van der Waals surface area contributed by atoms with Gasteiger partial charge < -0.3 is 10.6 Å². The first-order chi connectivity index (χ1) is 8.06. The summed E-state index contributed by atoms with van der Waals surface area (Å²) in [7, 11) is 0. The van der Waals surface area contributed by atoms with Gasteiger partial charge in [-0.1, -0.05) is 30.1 Å². The van der Waals surface area contributed by atoms with E-state index in [4.69, 9.17) is 23.2 Å². The summed E-state index contributed by atoms with van der Waals surface area (Å²) in [6, 6.07) is 2.56. The first kappa shape index (κ1) is 14.0. The molecule has 0 aliphatic carbocycles. The van der Waals surface area contributed by atoms with Gasteiger partial charge in [0.1, 0.15) is 0 Å². The summed E-state index contributed by atoms with van der Waals surface area (Å²) in [4.78, 5) is 10.0. The van der Waals surface area contributed by atoms with Gasteiger partial charge in [-0.3, -0.25) is 10.1 Å². The Morgan fingerprint density at radius 1 is 1.29 bits per heavy atom. The summed E-state index contributed by atoms with van der Waals surface area (Å²) in [6.07, 6.45) is 0. The second-order valence-corrected chi connectivity index (χ2v) is 4.14. The first-order valence-electron chi connectivity index (χ1n) is 5.14. The van der Waals surface area contributed by atoms with E-state index in [0.717, 1.165) is 13.1 Å². The predicted molar refractivity (Wildman–Crippen MR) is 70.1 cm³/mol. The zero-order valence-corrected chi connectivity index (χ0v) is 10.8. The van der Waals surface area contributed by atoms with Crippen LogP contribution in [0.4, 0.5) is 11.4 Å². The van der Waals surface area contributed by atoms with Crippen LogP contribution < -0.4 is 10.6 Å². The molecule has 1 aromatic rings. The fourth-order valence-corrected chi connectivity index (χ4v) is 1.90. The van der Waals surface area contributed by atoms with Crippen molar-refractivity contribution in [1.29, 1.82) is 0 Å². The van der Waals surface area contributed by atoms with Crippen molar-refractivity contribution in [3.05, 3.63) is 32.3 Å². The lowest BCUT2D eigenvalue weighted by Crippen LogP contribution is -2.21. The van der Waals surface area contributed by atoms with Gasteiger partial charge in [-0.05, 0) is 6.54 Å². The Balaban J connectivity index is 2.76. The van der Waals surface area contributed by atoms with Crippen molar-refractivity contribution in [3.8, 4) is 0 Å². The number of nitrogens with one attached hydrogen (secondary N) is 2. The van der Waals surface area contributed by atoms with Crippen molar-refractivity contribution in [1.82, 2.24) is 5.32 Å². The molecule has 0 unspecified atom stereocenters. The Labute approximate surface area is 109 Å². The molecule has 2 N–H and O–H groups in total. The number of non-ortho nitro benzene ring substituents is 1. The van der Waals surface area contributed by atoms with Gasteiger partial charge in [-0.2, -0.15) is 0 Å². The van der Waals surface area contributed by atoms with Gasteiger partial charge >= 0.3 is 0 Å². The minimum Gasteiger partial charge on any atom is -0.381 e. The summed E-state index contributed by atoms with van der Waals surface area (Å²) < 4.78 is 0. The Kier molecular flexibility index (Phi) is 5.47. The maximum Gasteiger partial charge on any atom is 0.272 e. The molecule has 0 saturated heterocycles. The van der Waals surface area contributed by atoms with Crippen LogP contribution in [0.1, 0.15) is 6.92 Å². The number of nitro benzene ring substituents is 1. The molecular weight excluding hydrogens is 265 g/mol. The molecule has 0 radical (unpaired) electrons. The molecule has 0 aliphatic heterocycles. The lowest BCUT2D eigenvalue weighted by atomic mass is 10.2. The Hall–Kier alpha value is -1.04. The highest BCUT2D eigenvalue weighted by molar-refractivity contribution is 6.39. The molecule has 0 fully saturated rings. The number of nitrogens with zero attached hydrogens (tertiary/aromatic N) is 1. The highest BCUT2D eigenvalue weighted by atomic mass is 35.5. The zero-order chi connectivity index (χ0) is 12.8. The maximum absolute atomic E-state index is 10.6. The molecule has 1 aromatic carbocycles. The molecule has 0 spiro atoms. The van der Waals surface area contributed by atoms with Crippen molar-refractivity contribution in [2.45, 2.75) is 6.92 Å². The highest BCUT2D eigenvalue weighted by Gasteiger charge is 2.13. The fraction of sp³-hybridized carbons (Fsp3) is 0.400. The predicted octanol–water partition coefficient (Wildman–Crippen LogP) is 2.92. The number of nitro groups is 1. The molecule has 0 aromatic heterocycles. The number of benzene rings is 1. The van der Waals surface area contributed by atoms with E-state index in [-0.39, 0.29) is 15.7 Å². The number of rotatable bonds is 6. The van der Waals surface area contributed by atoms with Crippen molar-refractivity contribution < 1.29 is 4.92 Å². The van der Waals surface area contributed by atoms with Crippen molar-refractivity contribution in [2.75, 3.05) is 25.0 Å². The van der Waals surface area contributed by atoms with E-state index in [1.807, 2.05) is 6.92 Å². The first-order valence-corrected chi connectivity index (χ1v) is 5.90. The second kappa shape index (κ2) is 6.64. The Morgan fingerprint density at radius 3 is 2.35 bits per heavy atom. The molecule has 0 atom stereocenters. The van der Waals surface area contributed by atoms with Crippen molar-refractivity contribution in [3.63, 3.8) is 0 Å². The molecule has 0 amide bonds. The molecular formula is C10H13Cl2N3O2. The summed E-state index contributed by atoms with van der Waals surface area (Å²) in [6.45, 7) is 4.29. The van der Waals surface area contributed by atoms with Gasteiger partial charge in [0.05, 0.1) is 20.7 Å². The normalized spacial score (nSPS) is 10.3. The Bertz CT molecular complexity index is 390. The van der Waals surface area contributed by atoms with Crippen LogP contribution in [0.25, 0.3) is 0 Å². The summed E-state index contributed by atoms with van der Waals surface area (Å²) in [5.41, 5.74) is 0.411. The molecule has 0 heterocycles. The van der Waals surface area contributed by atoms with E-state index >= 15 is 0 Å². The number of halogens is 2. The number of anilines is 1. The minimum atomic E-state index is -0.528. The monoisotopic (exact) mass is 277 g/mol. The SMILES string of the molecule is CCNCCNc1c(Cl)cc([N+](=O)[O-])cc1Cl. The van der Waals surface area contributed by atoms with Gasteiger partial charge in [0.2, 0.25) is 0 Å². The Morgan fingerprint density at radius 2 is 1.88 bits per heavy atom. The van der Waals surface area contributed by atoms with Gasteiger partial charge in [-0.15, -0.1) is 0 Å². The van der Waals surface area contributed by atoms with E-state index in [1.165, 1.54) is 12.1 Å². The average Bonchev–Trinajstić information content (AvgIpc) is 2.26. The molecule has 0 saturated carbocycles. The summed E-state index contributed by atoms with van der Waals surface area (Å²) in [5, 5.41) is 17.2. The van der Waals surface area contributed by atoms with Crippen LogP contribution >= 0.6 is 23.2 Å². The standard InChI is InChI=1S/C10H13Cl2N3O2/c1-2-13-3-4-14-10-8(11)5-7(15(16)17)6-9(10)12/h5-6,13-14H,2-4H2,1H3. The molecule has 0 aliphatic rings. The van der Waals surface area contributed by atoms with Crippen LogP contribution in [0.15, 0.2) is 12.1 Å². The third kappa shape index (κ3) is 4.03. The third-order valence-corrected chi connectivity index (χ3v) is 2.69. The van der Waals surface area contributed by atoms with E-state index in [0.29, 0.717) is 12.2 Å². The minimum absolute atomic E-state index is 0.114. The fourth-order valence-electron chi connectivity index (χ4n) is 1.29. The van der Waals surface area contributed by atoms with Gasteiger partial charge in [-0.25, -0.2) is 0 Å². The molecule has 5 nitrogen and oxygen atoms in total. The third-order valence-electron chi connectivity index (χ3n) is 2.09. The summed E-state index contributed by atoms with van der Waals surface area (Å²) in [5.74, 6) is 0. The smallest absolute Gasteiger partial charge is 0.272 e. The average molecular weight is 278 g/mol. The van der Waals surface area contributed by atoms with Crippen molar-refractivity contribution in [2.24, 2.45) is 0 Å². The van der Waals surface area contributed by atoms with Gasteiger partial charge in [0.25, 0.3) is 5.69 Å². The van der Waals surface area contributed by atoms with Gasteiger partial charge in [0.15, 0.2) is 0 Å². The quantitative estimate of drug-likeness (QED) is 0.477. The molecule has 7 heteroatoms. The summed E-state index contributed by atoms with van der Waals surface area (Å²) >= 11 is 11.8. The second-order valence-electron chi connectivity index (χ2n) is 3.32. The molecule has 1 rings (SSSR count). The lowest BCUT2D eigenvalue weighted by Gasteiger charge is -2.10. The maximum atomic E-state index is 10.6. The van der Waals surface area contributed by atoms with Crippen molar-refractivity contribution >= 4 is 34.6 Å². The lowest BCUT2D eigenvalue weighted by molar-refractivity contribution is -0.384. The number of hydrogen-bond donors (Lipinski definition) is 2. The number of likely N-dealkylation sites (N-methyl/N-ethyl adjacent to an activating group) is 1. The van der Waals surface area contributed by atoms with Crippen LogP contribution in [0.5, 0.6) is 0 Å². The van der Waals surface area contributed by atoms with E-state index in [9.17, 15) is 10.1 Å². The molecule has 17 heavy (non-hydrogen) atoms. The van der Waals surface area contributed by atoms with E-state index < -0.39 is 4.92 Å². The van der Waals surface area contributed by atoms with E-state index in [1.54, 1.807) is 0 Å². The largest absolute Gasteiger partial charge is 0.381 e. The molecule has 0 bridgehead atoms. The number of hydrogen-bond acceptors (Lipinski definition) is 4. The van der Waals surface area contributed by atoms with E-state index in [2.05, 4.69) is 10.6 Å².